The SMILES string of the molecule is CCC(=O)O[C@H]1[C@H](NC(C)=O)[C@H](OCc2ccccc2)O[C@H]2CO[C@H](c3ccccc3)O[C@@H]12. The molecule has 8 nitrogen and oxygen atoms in total. The van der Waals surface area contributed by atoms with E-state index in [-0.39, 0.29) is 25.5 Å². The predicted molar refractivity (Wildman–Crippen MR) is 118 cm³/mol. The number of hydrogen-bond acceptors (Lipinski definition) is 7. The van der Waals surface area contributed by atoms with E-state index >= 15 is 0 Å². The van der Waals surface area contributed by atoms with Gasteiger partial charge in [-0.2, -0.15) is 0 Å². The molecule has 0 aliphatic carbocycles. The first-order valence-electron chi connectivity index (χ1n) is 11.1. The normalized spacial score (nSPS) is 29.0. The lowest BCUT2D eigenvalue weighted by Gasteiger charge is -2.48. The van der Waals surface area contributed by atoms with Gasteiger partial charge in [-0.1, -0.05) is 67.6 Å². The average molecular weight is 456 g/mol. The second kappa shape index (κ2) is 10.9. The molecular formula is C25H29NO7. The van der Waals surface area contributed by atoms with Gasteiger partial charge in [0.2, 0.25) is 5.91 Å². The molecule has 2 aromatic rings. The summed E-state index contributed by atoms with van der Waals surface area (Å²) in [6.45, 7) is 3.61. The van der Waals surface area contributed by atoms with Crippen molar-refractivity contribution in [3.8, 4) is 0 Å². The number of benzene rings is 2. The molecule has 176 valence electrons. The summed E-state index contributed by atoms with van der Waals surface area (Å²) in [5, 5.41) is 2.85. The van der Waals surface area contributed by atoms with E-state index < -0.39 is 42.9 Å². The maximum atomic E-state index is 12.3. The summed E-state index contributed by atoms with van der Waals surface area (Å²) < 4.78 is 30.2. The monoisotopic (exact) mass is 455 g/mol. The summed E-state index contributed by atoms with van der Waals surface area (Å²) in [4.78, 5) is 24.4. The van der Waals surface area contributed by atoms with Gasteiger partial charge in [-0.05, 0) is 5.56 Å². The van der Waals surface area contributed by atoms with Crippen molar-refractivity contribution in [1.82, 2.24) is 5.32 Å². The van der Waals surface area contributed by atoms with Crippen molar-refractivity contribution in [2.45, 2.75) is 63.8 Å². The lowest BCUT2D eigenvalue weighted by molar-refractivity contribution is -0.346. The molecule has 2 aromatic carbocycles. The lowest BCUT2D eigenvalue weighted by Crippen LogP contribution is -2.67. The minimum atomic E-state index is -0.856. The first kappa shape index (κ1) is 23.4. The van der Waals surface area contributed by atoms with Crippen LogP contribution >= 0.6 is 0 Å². The fraction of sp³-hybridized carbons (Fsp3) is 0.440. The third-order valence-electron chi connectivity index (χ3n) is 5.59. The largest absolute Gasteiger partial charge is 0.457 e. The summed E-state index contributed by atoms with van der Waals surface area (Å²) >= 11 is 0. The fourth-order valence-electron chi connectivity index (χ4n) is 4.01. The lowest BCUT2D eigenvalue weighted by atomic mass is 9.95. The van der Waals surface area contributed by atoms with Crippen molar-refractivity contribution in [2.75, 3.05) is 6.61 Å². The van der Waals surface area contributed by atoms with E-state index in [0.717, 1.165) is 11.1 Å². The Morgan fingerprint density at radius 3 is 2.39 bits per heavy atom. The highest BCUT2D eigenvalue weighted by atomic mass is 16.8. The average Bonchev–Trinajstić information content (AvgIpc) is 2.84. The van der Waals surface area contributed by atoms with Gasteiger partial charge in [0, 0.05) is 18.9 Å². The van der Waals surface area contributed by atoms with Gasteiger partial charge in [0.1, 0.15) is 18.2 Å². The summed E-state index contributed by atoms with van der Waals surface area (Å²) in [7, 11) is 0. The van der Waals surface area contributed by atoms with Crippen LogP contribution in [-0.2, 0) is 39.9 Å². The Morgan fingerprint density at radius 1 is 1.03 bits per heavy atom. The Labute approximate surface area is 193 Å². The van der Waals surface area contributed by atoms with Crippen molar-refractivity contribution in [2.24, 2.45) is 0 Å². The summed E-state index contributed by atoms with van der Waals surface area (Å²) in [5.41, 5.74) is 1.79. The van der Waals surface area contributed by atoms with Crippen molar-refractivity contribution in [3.63, 3.8) is 0 Å². The van der Waals surface area contributed by atoms with E-state index in [2.05, 4.69) is 5.32 Å². The van der Waals surface area contributed by atoms with Gasteiger partial charge in [-0.3, -0.25) is 9.59 Å². The summed E-state index contributed by atoms with van der Waals surface area (Å²) in [6, 6.07) is 18.4. The van der Waals surface area contributed by atoms with Gasteiger partial charge in [0.25, 0.3) is 0 Å². The van der Waals surface area contributed by atoms with Gasteiger partial charge in [0.15, 0.2) is 18.7 Å². The second-order valence-corrected chi connectivity index (χ2v) is 8.05. The smallest absolute Gasteiger partial charge is 0.305 e. The zero-order valence-corrected chi connectivity index (χ0v) is 18.7. The molecule has 6 atom stereocenters. The molecule has 2 aliphatic heterocycles. The Balaban J connectivity index is 1.58. The number of ether oxygens (including phenoxy) is 5. The Morgan fingerprint density at radius 2 is 1.73 bits per heavy atom. The molecule has 4 rings (SSSR count). The Hall–Kier alpha value is -2.78. The third kappa shape index (κ3) is 5.78. The van der Waals surface area contributed by atoms with Gasteiger partial charge in [-0.15, -0.1) is 0 Å². The van der Waals surface area contributed by atoms with Crippen molar-refractivity contribution < 1.29 is 33.3 Å². The molecule has 0 radical (unpaired) electrons. The molecule has 0 aromatic heterocycles. The predicted octanol–water partition coefficient (Wildman–Crippen LogP) is 2.87. The number of esters is 1. The van der Waals surface area contributed by atoms with Crippen LogP contribution in [0.3, 0.4) is 0 Å². The highest BCUT2D eigenvalue weighted by molar-refractivity contribution is 5.73. The molecule has 2 aliphatic rings. The molecule has 0 unspecified atom stereocenters. The molecule has 0 spiro atoms. The van der Waals surface area contributed by atoms with Gasteiger partial charge in [-0.25, -0.2) is 0 Å². The Kier molecular flexibility index (Phi) is 7.72. The van der Waals surface area contributed by atoms with Crippen LogP contribution in [0.1, 0.15) is 37.7 Å². The highest BCUT2D eigenvalue weighted by Crippen LogP contribution is 2.36. The number of nitrogens with one attached hydrogen (secondary N) is 1. The van der Waals surface area contributed by atoms with E-state index in [4.69, 9.17) is 23.7 Å². The molecule has 0 saturated carbocycles. The van der Waals surface area contributed by atoms with Crippen LogP contribution in [0.15, 0.2) is 60.7 Å². The van der Waals surface area contributed by atoms with Crippen LogP contribution in [-0.4, -0.2) is 49.1 Å². The maximum Gasteiger partial charge on any atom is 0.305 e. The van der Waals surface area contributed by atoms with E-state index in [1.165, 1.54) is 6.92 Å². The molecule has 2 fully saturated rings. The maximum absolute atomic E-state index is 12.3. The zero-order chi connectivity index (χ0) is 23.2. The molecule has 0 bridgehead atoms. The highest BCUT2D eigenvalue weighted by Gasteiger charge is 2.52. The quantitative estimate of drug-likeness (QED) is 0.642. The first-order valence-corrected chi connectivity index (χ1v) is 11.1. The number of carbonyl (C=O) groups excluding carboxylic acids is 2. The van der Waals surface area contributed by atoms with Gasteiger partial charge >= 0.3 is 5.97 Å². The minimum absolute atomic E-state index is 0.190. The fourth-order valence-corrected chi connectivity index (χ4v) is 4.01. The van der Waals surface area contributed by atoms with Crippen LogP contribution in [0.4, 0.5) is 0 Å². The summed E-state index contributed by atoms with van der Waals surface area (Å²) in [6.07, 6.45) is -3.30. The van der Waals surface area contributed by atoms with Crippen molar-refractivity contribution in [1.29, 1.82) is 0 Å². The molecular weight excluding hydrogens is 426 g/mol. The molecule has 2 heterocycles. The number of carbonyl (C=O) groups is 2. The summed E-state index contributed by atoms with van der Waals surface area (Å²) in [5.74, 6) is -0.691. The molecule has 33 heavy (non-hydrogen) atoms. The molecule has 2 saturated heterocycles. The van der Waals surface area contributed by atoms with Crippen LogP contribution < -0.4 is 5.32 Å². The topological polar surface area (TPSA) is 92.3 Å². The minimum Gasteiger partial charge on any atom is -0.457 e. The van der Waals surface area contributed by atoms with E-state index in [1.807, 2.05) is 60.7 Å². The van der Waals surface area contributed by atoms with Gasteiger partial charge in [0.05, 0.1) is 13.2 Å². The number of rotatable bonds is 7. The molecule has 1 N–H and O–H groups in total. The van der Waals surface area contributed by atoms with Crippen molar-refractivity contribution in [3.05, 3.63) is 71.8 Å². The van der Waals surface area contributed by atoms with E-state index in [9.17, 15) is 9.59 Å². The molecule has 1 amide bonds. The second-order valence-electron chi connectivity index (χ2n) is 8.05. The standard InChI is InChI=1S/C25H29NO7/c1-3-20(28)32-23-21(26-16(2)27)25(29-14-17-10-6-4-7-11-17)31-19-15-30-24(33-22(19)23)18-12-8-5-9-13-18/h4-13,19,21-25H,3,14-15H2,1-2H3,(H,26,27)/t19-,21-,22+,23-,24-,25+/m0/s1. The van der Waals surface area contributed by atoms with Gasteiger partial charge < -0.3 is 29.0 Å². The number of amides is 1. The van der Waals surface area contributed by atoms with Crippen LogP contribution in [0.2, 0.25) is 0 Å². The third-order valence-corrected chi connectivity index (χ3v) is 5.59. The van der Waals surface area contributed by atoms with Crippen LogP contribution in [0.5, 0.6) is 0 Å². The van der Waals surface area contributed by atoms with Crippen LogP contribution in [0, 0.1) is 0 Å². The number of hydrogen-bond donors (Lipinski definition) is 1. The number of fused-ring (bicyclic) bond motifs is 1. The van der Waals surface area contributed by atoms with E-state index in [0.29, 0.717) is 0 Å². The van der Waals surface area contributed by atoms with E-state index in [1.54, 1.807) is 6.92 Å². The van der Waals surface area contributed by atoms with Crippen LogP contribution in [0.25, 0.3) is 0 Å². The first-order chi connectivity index (χ1) is 16.0. The molecule has 8 heteroatoms. The Bertz CT molecular complexity index is 923. The zero-order valence-electron chi connectivity index (χ0n) is 18.7. The van der Waals surface area contributed by atoms with Crippen molar-refractivity contribution >= 4 is 11.9 Å².